The molecule has 4 aromatic rings. The van der Waals surface area contributed by atoms with Crippen molar-refractivity contribution < 1.29 is 9.53 Å². The average molecular weight is 582 g/mol. The molecule has 214 valence electrons. The number of anilines is 2. The Balaban J connectivity index is 1.49. The van der Waals surface area contributed by atoms with Crippen molar-refractivity contribution >= 4 is 51.3 Å². The zero-order valence-electron chi connectivity index (χ0n) is 24.0. The number of H-pyrrole nitrogens is 1. The highest BCUT2D eigenvalue weighted by molar-refractivity contribution is 7.81. The molecule has 6 rings (SSSR count). The molecule has 0 radical (unpaired) electrons. The molecule has 1 saturated heterocycles. The highest BCUT2D eigenvalue weighted by atomic mass is 32.1. The van der Waals surface area contributed by atoms with E-state index in [1.54, 1.807) is 28.8 Å². The van der Waals surface area contributed by atoms with Gasteiger partial charge in [-0.05, 0) is 87.6 Å². The van der Waals surface area contributed by atoms with E-state index in [-0.39, 0.29) is 11.5 Å². The summed E-state index contributed by atoms with van der Waals surface area (Å²) in [7, 11) is 1.75. The molecule has 42 heavy (non-hydrogen) atoms. The summed E-state index contributed by atoms with van der Waals surface area (Å²) < 4.78 is 7.55. The molecule has 0 atom stereocenters. The van der Waals surface area contributed by atoms with Crippen LogP contribution < -0.4 is 20.1 Å². The normalized spacial score (nSPS) is 15.9. The molecule has 10 nitrogen and oxygen atoms in total. The summed E-state index contributed by atoms with van der Waals surface area (Å²) in [5.74, 6) is 0.854. The van der Waals surface area contributed by atoms with Crippen molar-refractivity contribution in [1.82, 2.24) is 19.7 Å². The Bertz CT molecular complexity index is 1860. The number of hydrogen-bond acceptors (Lipinski definition) is 6. The number of aromatic amines is 1. The lowest BCUT2D eigenvalue weighted by Crippen LogP contribution is -2.55. The molecule has 2 fully saturated rings. The van der Waals surface area contributed by atoms with Crippen molar-refractivity contribution in [3.63, 3.8) is 0 Å². The maximum Gasteiger partial charge on any atom is 0.277 e. The predicted molar refractivity (Wildman–Crippen MR) is 166 cm³/mol. The zero-order valence-corrected chi connectivity index (χ0v) is 24.8. The number of amides is 1. The first-order chi connectivity index (χ1) is 20.2. The van der Waals surface area contributed by atoms with E-state index in [2.05, 4.69) is 21.9 Å². The van der Waals surface area contributed by atoms with Gasteiger partial charge in [0, 0.05) is 18.4 Å². The van der Waals surface area contributed by atoms with Crippen molar-refractivity contribution in [3.05, 3.63) is 69.4 Å². The number of thiocarbonyl (C=S) groups is 1. The molecule has 2 aromatic carbocycles. The Morgan fingerprint density at radius 3 is 2.55 bits per heavy atom. The van der Waals surface area contributed by atoms with Gasteiger partial charge in [-0.25, -0.2) is 9.83 Å². The average Bonchev–Trinajstić information content (AvgIpc) is 3.39. The number of carbonyl (C=O) groups is 1. The minimum Gasteiger partial charge on any atom is -0.493 e. The highest BCUT2D eigenvalue weighted by Crippen LogP contribution is 2.49. The fraction of sp³-hybridized carbons (Fsp3) is 0.355. The van der Waals surface area contributed by atoms with Crippen molar-refractivity contribution in [2.75, 3.05) is 16.4 Å². The fourth-order valence-corrected chi connectivity index (χ4v) is 6.48. The SMILES string of the molecule is [C-]#[N+]c1ccc(N2C(=O)C3(CCC3)N(c3ccc(OCC)c(-c4nc5c(CCC)nn(C)c5c(=O)[nH]4)c3)C2=S)cc1C. The fourth-order valence-electron chi connectivity index (χ4n) is 6.02. The number of fused-ring (bicyclic) bond motifs is 1. The van der Waals surface area contributed by atoms with Crippen molar-refractivity contribution in [2.45, 2.75) is 58.4 Å². The van der Waals surface area contributed by atoms with Gasteiger partial charge in [0.25, 0.3) is 11.5 Å². The minimum absolute atomic E-state index is 0.0725. The van der Waals surface area contributed by atoms with Crippen molar-refractivity contribution in [3.8, 4) is 17.1 Å². The summed E-state index contributed by atoms with van der Waals surface area (Å²) in [5, 5.41) is 4.92. The summed E-state index contributed by atoms with van der Waals surface area (Å²) in [4.78, 5) is 42.2. The molecule has 1 saturated carbocycles. The largest absolute Gasteiger partial charge is 0.493 e. The summed E-state index contributed by atoms with van der Waals surface area (Å²) in [6, 6.07) is 11.0. The van der Waals surface area contributed by atoms with Crippen LogP contribution in [0.25, 0.3) is 27.3 Å². The monoisotopic (exact) mass is 581 g/mol. The zero-order chi connectivity index (χ0) is 29.8. The lowest BCUT2D eigenvalue weighted by molar-refractivity contribution is -0.123. The molecule has 2 aromatic heterocycles. The van der Waals surface area contributed by atoms with Gasteiger partial charge in [0.1, 0.15) is 22.6 Å². The lowest BCUT2D eigenvalue weighted by Gasteiger charge is -2.43. The van der Waals surface area contributed by atoms with Gasteiger partial charge >= 0.3 is 0 Å². The Morgan fingerprint density at radius 2 is 1.90 bits per heavy atom. The van der Waals surface area contributed by atoms with Crippen molar-refractivity contribution in [2.24, 2.45) is 7.05 Å². The van der Waals surface area contributed by atoms with E-state index >= 15 is 0 Å². The number of nitrogens with one attached hydrogen (secondary N) is 1. The lowest BCUT2D eigenvalue weighted by atomic mass is 9.75. The van der Waals surface area contributed by atoms with Crippen LogP contribution in [0, 0.1) is 13.5 Å². The molecular formula is C31H31N7O3S. The van der Waals surface area contributed by atoms with Crippen LogP contribution in [0.2, 0.25) is 0 Å². The number of aromatic nitrogens is 4. The van der Waals surface area contributed by atoms with E-state index in [1.165, 1.54) is 0 Å². The molecular weight excluding hydrogens is 550 g/mol. The van der Waals surface area contributed by atoms with Crippen molar-refractivity contribution in [1.29, 1.82) is 0 Å². The number of hydrogen-bond donors (Lipinski definition) is 1. The Hall–Kier alpha value is -4.56. The Kier molecular flexibility index (Phi) is 6.81. The smallest absolute Gasteiger partial charge is 0.277 e. The molecule has 2 aliphatic rings. The maximum absolute atomic E-state index is 14.0. The van der Waals surface area contributed by atoms with E-state index in [1.807, 2.05) is 43.0 Å². The van der Waals surface area contributed by atoms with Gasteiger partial charge in [0.05, 0.1) is 24.4 Å². The van der Waals surface area contributed by atoms with Gasteiger partial charge in [0.15, 0.2) is 16.3 Å². The number of aryl methyl sites for hydroxylation is 3. The molecule has 1 spiro atoms. The molecule has 0 bridgehead atoms. The second-order valence-electron chi connectivity index (χ2n) is 10.8. The number of nitrogens with zero attached hydrogens (tertiary/aromatic N) is 6. The Labute approximate surface area is 248 Å². The van der Waals surface area contributed by atoms with Gasteiger partial charge in [-0.2, -0.15) is 5.10 Å². The number of carbonyl (C=O) groups excluding carboxylic acids is 1. The quantitative estimate of drug-likeness (QED) is 0.224. The van der Waals surface area contributed by atoms with Crippen LogP contribution >= 0.6 is 12.2 Å². The van der Waals surface area contributed by atoms with Gasteiger partial charge in [-0.1, -0.05) is 19.4 Å². The summed E-state index contributed by atoms with van der Waals surface area (Å²) in [5.41, 5.74) is 3.96. The third kappa shape index (κ3) is 4.09. The van der Waals surface area contributed by atoms with Crippen LogP contribution in [-0.4, -0.2) is 42.9 Å². The first-order valence-electron chi connectivity index (χ1n) is 14.1. The molecule has 1 aliphatic carbocycles. The van der Waals surface area contributed by atoms with E-state index in [4.69, 9.17) is 28.5 Å². The summed E-state index contributed by atoms with van der Waals surface area (Å²) in [6.07, 6.45) is 3.81. The number of rotatable bonds is 7. The van der Waals surface area contributed by atoms with Gasteiger partial charge in [0.2, 0.25) is 0 Å². The first-order valence-corrected chi connectivity index (χ1v) is 14.5. The summed E-state index contributed by atoms with van der Waals surface area (Å²) >= 11 is 5.99. The number of ether oxygens (including phenoxy) is 1. The van der Waals surface area contributed by atoms with Crippen LogP contribution in [0.5, 0.6) is 5.75 Å². The molecule has 0 unspecified atom stereocenters. The maximum atomic E-state index is 14.0. The topological polar surface area (TPSA) is 101 Å². The van der Waals surface area contributed by atoms with Gasteiger partial charge in [-0.3, -0.25) is 19.2 Å². The predicted octanol–water partition coefficient (Wildman–Crippen LogP) is 5.59. The molecule has 1 aliphatic heterocycles. The third-order valence-corrected chi connectivity index (χ3v) is 8.54. The van der Waals surface area contributed by atoms with Crippen LogP contribution in [-0.2, 0) is 18.3 Å². The molecule has 11 heteroatoms. The highest BCUT2D eigenvalue weighted by Gasteiger charge is 2.59. The van der Waals surface area contributed by atoms with E-state index in [0.29, 0.717) is 76.2 Å². The van der Waals surface area contributed by atoms with E-state index < -0.39 is 5.54 Å². The molecule has 1 amide bonds. The van der Waals surface area contributed by atoms with Gasteiger partial charge < -0.3 is 14.6 Å². The second-order valence-corrected chi connectivity index (χ2v) is 11.1. The number of benzene rings is 2. The van der Waals surface area contributed by atoms with Gasteiger partial charge in [-0.15, -0.1) is 0 Å². The van der Waals surface area contributed by atoms with Crippen LogP contribution in [0.4, 0.5) is 17.1 Å². The standard InChI is InChI=1S/C31H31N7O3S/c1-6-9-23-25-26(36(5)35-23)28(39)34-27(33-25)21-17-20(11-13-24(21)41-7-2)38-30(42)37(29(40)31(38)14-8-15-31)19-10-12-22(32-4)18(3)16-19/h10-13,16-17H,6-9,14-15H2,1-3,5H3,(H,33,34,39). The second kappa shape index (κ2) is 10.4. The van der Waals surface area contributed by atoms with E-state index in [0.717, 1.165) is 24.1 Å². The van der Waals surface area contributed by atoms with Crippen LogP contribution in [0.1, 0.15) is 50.8 Å². The third-order valence-electron chi connectivity index (χ3n) is 8.18. The van der Waals surface area contributed by atoms with E-state index in [9.17, 15) is 9.59 Å². The summed E-state index contributed by atoms with van der Waals surface area (Å²) in [6.45, 7) is 13.6. The van der Waals surface area contributed by atoms with Crippen LogP contribution in [0.15, 0.2) is 41.2 Å². The van der Waals surface area contributed by atoms with Crippen LogP contribution in [0.3, 0.4) is 0 Å². The Morgan fingerprint density at radius 1 is 1.14 bits per heavy atom. The molecule has 1 N–H and O–H groups in total. The minimum atomic E-state index is -0.795. The molecule has 3 heterocycles. The first kappa shape index (κ1) is 27.6.